The average Bonchev–Trinajstić information content (AvgIpc) is 2.26. The lowest BCUT2D eigenvalue weighted by molar-refractivity contribution is 0.0456. The topological polar surface area (TPSA) is 58.0 Å². The van der Waals surface area contributed by atoms with Gasteiger partial charge in [-0.25, -0.2) is 9.97 Å². The van der Waals surface area contributed by atoms with Crippen LogP contribution < -0.4 is 5.32 Å². The molecule has 0 spiro atoms. The summed E-state index contributed by atoms with van der Waals surface area (Å²) in [6, 6.07) is 1.80. The maximum atomic E-state index is 10.1. The SMILES string of the molecule is CCC(O)(CC)CNc1ccnc(C)n1. The Morgan fingerprint density at radius 2 is 2.07 bits per heavy atom. The second kappa shape index (κ2) is 5.07. The van der Waals surface area contributed by atoms with E-state index in [1.165, 1.54) is 0 Å². The largest absolute Gasteiger partial charge is 0.388 e. The van der Waals surface area contributed by atoms with E-state index in [1.54, 1.807) is 12.3 Å². The molecule has 1 rings (SSSR count). The first kappa shape index (κ1) is 11.9. The van der Waals surface area contributed by atoms with Crippen molar-refractivity contribution in [3.63, 3.8) is 0 Å². The molecule has 1 heterocycles. The molecule has 15 heavy (non-hydrogen) atoms. The van der Waals surface area contributed by atoms with Gasteiger partial charge < -0.3 is 10.4 Å². The fraction of sp³-hybridized carbons (Fsp3) is 0.636. The standard InChI is InChI=1S/C11H19N3O/c1-4-11(15,5-2)8-13-10-6-7-12-9(3)14-10/h6-7,15H,4-5,8H2,1-3H3,(H,12,13,14). The Bertz CT molecular complexity index is 310. The van der Waals surface area contributed by atoms with Gasteiger partial charge in [0.1, 0.15) is 11.6 Å². The Hall–Kier alpha value is -1.16. The summed E-state index contributed by atoms with van der Waals surface area (Å²) in [4.78, 5) is 8.22. The number of rotatable bonds is 5. The van der Waals surface area contributed by atoms with Gasteiger partial charge in [-0.2, -0.15) is 0 Å². The summed E-state index contributed by atoms with van der Waals surface area (Å²) in [6.45, 7) is 6.33. The maximum absolute atomic E-state index is 10.1. The minimum absolute atomic E-state index is 0.524. The van der Waals surface area contributed by atoms with Crippen molar-refractivity contribution in [1.82, 2.24) is 9.97 Å². The van der Waals surface area contributed by atoms with Crippen molar-refractivity contribution in [2.24, 2.45) is 0 Å². The molecule has 4 heteroatoms. The molecule has 1 aromatic heterocycles. The van der Waals surface area contributed by atoms with Crippen LogP contribution in [0.4, 0.5) is 5.82 Å². The zero-order valence-electron chi connectivity index (χ0n) is 9.62. The molecule has 4 nitrogen and oxygen atoms in total. The van der Waals surface area contributed by atoms with Crippen LogP contribution in [0.15, 0.2) is 12.3 Å². The molecule has 0 amide bonds. The smallest absolute Gasteiger partial charge is 0.129 e. The number of nitrogens with one attached hydrogen (secondary N) is 1. The summed E-state index contributed by atoms with van der Waals surface area (Å²) in [5, 5.41) is 13.2. The summed E-state index contributed by atoms with van der Waals surface area (Å²) in [6.07, 6.45) is 3.18. The molecule has 0 radical (unpaired) electrons. The quantitative estimate of drug-likeness (QED) is 0.775. The molecule has 0 atom stereocenters. The van der Waals surface area contributed by atoms with Crippen LogP contribution in [-0.2, 0) is 0 Å². The highest BCUT2D eigenvalue weighted by atomic mass is 16.3. The number of aromatic nitrogens is 2. The molecule has 0 unspecified atom stereocenters. The molecular weight excluding hydrogens is 190 g/mol. The molecule has 2 N–H and O–H groups in total. The Morgan fingerprint density at radius 3 is 2.60 bits per heavy atom. The van der Waals surface area contributed by atoms with Crippen LogP contribution in [0.2, 0.25) is 0 Å². The lowest BCUT2D eigenvalue weighted by Gasteiger charge is -2.25. The predicted octanol–water partition coefficient (Wildman–Crippen LogP) is 1.75. The summed E-state index contributed by atoms with van der Waals surface area (Å²) in [7, 11) is 0. The van der Waals surface area contributed by atoms with Crippen molar-refractivity contribution in [2.45, 2.75) is 39.2 Å². The average molecular weight is 209 g/mol. The first-order valence-electron chi connectivity index (χ1n) is 5.35. The minimum atomic E-state index is -0.640. The van der Waals surface area contributed by atoms with Gasteiger partial charge in [0, 0.05) is 12.7 Å². The van der Waals surface area contributed by atoms with Crippen molar-refractivity contribution in [3.05, 3.63) is 18.1 Å². The van der Waals surface area contributed by atoms with Crippen molar-refractivity contribution in [2.75, 3.05) is 11.9 Å². The van der Waals surface area contributed by atoms with E-state index in [0.29, 0.717) is 6.54 Å². The van der Waals surface area contributed by atoms with Crippen LogP contribution in [0.5, 0.6) is 0 Å². The van der Waals surface area contributed by atoms with E-state index in [9.17, 15) is 5.11 Å². The van der Waals surface area contributed by atoms with Gasteiger partial charge in [0.05, 0.1) is 5.60 Å². The number of hydrogen-bond donors (Lipinski definition) is 2. The highest BCUT2D eigenvalue weighted by Crippen LogP contribution is 2.15. The van der Waals surface area contributed by atoms with Crippen molar-refractivity contribution in [1.29, 1.82) is 0 Å². The number of aryl methyl sites for hydroxylation is 1. The second-order valence-corrected chi connectivity index (χ2v) is 3.77. The summed E-state index contributed by atoms with van der Waals surface area (Å²) in [5.41, 5.74) is -0.640. The fourth-order valence-electron chi connectivity index (χ4n) is 1.31. The predicted molar refractivity (Wildman–Crippen MR) is 60.8 cm³/mol. The van der Waals surface area contributed by atoms with Gasteiger partial charge in [-0.15, -0.1) is 0 Å². The molecule has 0 aliphatic heterocycles. The van der Waals surface area contributed by atoms with Crippen LogP contribution in [0.3, 0.4) is 0 Å². The third kappa shape index (κ3) is 3.47. The Labute approximate surface area is 90.8 Å². The van der Waals surface area contributed by atoms with E-state index in [-0.39, 0.29) is 0 Å². The lowest BCUT2D eigenvalue weighted by Crippen LogP contribution is -2.35. The molecule has 1 aromatic rings. The van der Waals surface area contributed by atoms with Crippen LogP contribution >= 0.6 is 0 Å². The highest BCUT2D eigenvalue weighted by molar-refractivity contribution is 5.33. The number of aliphatic hydroxyl groups is 1. The summed E-state index contributed by atoms with van der Waals surface area (Å²) < 4.78 is 0. The summed E-state index contributed by atoms with van der Waals surface area (Å²) >= 11 is 0. The minimum Gasteiger partial charge on any atom is -0.388 e. The van der Waals surface area contributed by atoms with Crippen LogP contribution in [0.25, 0.3) is 0 Å². The zero-order valence-corrected chi connectivity index (χ0v) is 9.62. The first-order valence-corrected chi connectivity index (χ1v) is 5.35. The Morgan fingerprint density at radius 1 is 1.40 bits per heavy atom. The van der Waals surface area contributed by atoms with Gasteiger partial charge in [-0.1, -0.05) is 13.8 Å². The van der Waals surface area contributed by atoms with E-state index < -0.39 is 5.60 Å². The van der Waals surface area contributed by atoms with Crippen molar-refractivity contribution >= 4 is 5.82 Å². The van der Waals surface area contributed by atoms with Gasteiger partial charge in [-0.05, 0) is 25.8 Å². The van der Waals surface area contributed by atoms with E-state index in [1.807, 2.05) is 20.8 Å². The molecule has 0 saturated carbocycles. The van der Waals surface area contributed by atoms with Crippen molar-refractivity contribution in [3.8, 4) is 0 Å². The number of nitrogens with zero attached hydrogens (tertiary/aromatic N) is 2. The molecule has 0 aromatic carbocycles. The Kier molecular flexibility index (Phi) is 4.03. The van der Waals surface area contributed by atoms with Gasteiger partial charge >= 0.3 is 0 Å². The highest BCUT2D eigenvalue weighted by Gasteiger charge is 2.21. The molecule has 0 aliphatic rings. The first-order chi connectivity index (χ1) is 7.09. The normalized spacial score (nSPS) is 11.5. The van der Waals surface area contributed by atoms with Gasteiger partial charge in [0.25, 0.3) is 0 Å². The molecule has 0 saturated heterocycles. The molecular formula is C11H19N3O. The van der Waals surface area contributed by atoms with Gasteiger partial charge in [0.15, 0.2) is 0 Å². The van der Waals surface area contributed by atoms with Crippen LogP contribution in [0, 0.1) is 6.92 Å². The molecule has 0 aliphatic carbocycles. The second-order valence-electron chi connectivity index (χ2n) is 3.77. The molecule has 0 fully saturated rings. The fourth-order valence-corrected chi connectivity index (χ4v) is 1.31. The molecule has 0 bridgehead atoms. The van der Waals surface area contributed by atoms with Crippen molar-refractivity contribution < 1.29 is 5.11 Å². The third-order valence-corrected chi connectivity index (χ3v) is 2.69. The van der Waals surface area contributed by atoms with E-state index in [0.717, 1.165) is 24.5 Å². The monoisotopic (exact) mass is 209 g/mol. The number of hydrogen-bond acceptors (Lipinski definition) is 4. The van der Waals surface area contributed by atoms with Gasteiger partial charge in [0.2, 0.25) is 0 Å². The van der Waals surface area contributed by atoms with Gasteiger partial charge in [-0.3, -0.25) is 0 Å². The Balaban J connectivity index is 2.56. The lowest BCUT2D eigenvalue weighted by atomic mass is 9.98. The molecule has 84 valence electrons. The van der Waals surface area contributed by atoms with E-state index in [2.05, 4.69) is 15.3 Å². The van der Waals surface area contributed by atoms with Crippen LogP contribution in [0.1, 0.15) is 32.5 Å². The summed E-state index contributed by atoms with van der Waals surface area (Å²) in [5.74, 6) is 1.50. The van der Waals surface area contributed by atoms with E-state index in [4.69, 9.17) is 0 Å². The number of anilines is 1. The van der Waals surface area contributed by atoms with E-state index >= 15 is 0 Å². The third-order valence-electron chi connectivity index (χ3n) is 2.69. The maximum Gasteiger partial charge on any atom is 0.129 e. The van der Waals surface area contributed by atoms with Crippen LogP contribution in [-0.4, -0.2) is 27.2 Å². The zero-order chi connectivity index (χ0) is 11.3.